The minimum absolute atomic E-state index is 0.122. The van der Waals surface area contributed by atoms with Crippen LogP contribution in [0.5, 0.6) is 0 Å². The molecule has 6 fully saturated rings. The van der Waals surface area contributed by atoms with E-state index in [9.17, 15) is 10.2 Å². The average Bonchev–Trinajstić information content (AvgIpc) is 3.48. The zero-order valence-electron chi connectivity index (χ0n) is 26.9. The van der Waals surface area contributed by atoms with Gasteiger partial charge in [0.2, 0.25) is 0 Å². The van der Waals surface area contributed by atoms with E-state index in [1.54, 1.807) is 11.1 Å². The van der Waals surface area contributed by atoms with Crippen LogP contribution >= 0.6 is 0 Å². The number of nitrogens with zero attached hydrogens (tertiary/aromatic N) is 2. The lowest BCUT2D eigenvalue weighted by molar-refractivity contribution is -0.0250. The maximum Gasteiger partial charge on any atom is 0.0724 e. The number of hydrogen-bond acceptors (Lipinski definition) is 4. The van der Waals surface area contributed by atoms with Crippen molar-refractivity contribution < 1.29 is 10.2 Å². The Morgan fingerprint density at radius 1 is 0.595 bits per heavy atom. The van der Waals surface area contributed by atoms with E-state index in [4.69, 9.17) is 10.2 Å². The number of fused-ring (bicyclic) bond motifs is 10. The molecule has 8 aliphatic carbocycles. The van der Waals surface area contributed by atoms with E-state index in [2.05, 4.69) is 39.8 Å². The van der Waals surface area contributed by atoms with Gasteiger partial charge < -0.3 is 10.2 Å². The van der Waals surface area contributed by atoms with Crippen molar-refractivity contribution in [3.63, 3.8) is 0 Å². The molecular formula is C38H56N2O2. The smallest absolute Gasteiger partial charge is 0.0724 e. The van der Waals surface area contributed by atoms with Gasteiger partial charge in [0.25, 0.3) is 0 Å². The SMILES string of the molecule is C[C@]12CC[C@H](O)CC1=CC[C@H]1[C@H]2CC[C@]2(C)C(=NN=C3CC[C@@H]4[C@@H]5CCC6=C[C@@H](O)CC[C@@]6(C)[C@@H]5CC[C@]34C)CC[C@H]12. The summed E-state index contributed by atoms with van der Waals surface area (Å²) >= 11 is 0. The lowest BCUT2D eigenvalue weighted by Crippen LogP contribution is -2.50. The van der Waals surface area contributed by atoms with E-state index >= 15 is 0 Å². The van der Waals surface area contributed by atoms with Gasteiger partial charge >= 0.3 is 0 Å². The first-order valence-electron chi connectivity index (χ1n) is 18.0. The summed E-state index contributed by atoms with van der Waals surface area (Å²) in [6, 6.07) is 0. The normalized spacial score (nSPS) is 55.1. The van der Waals surface area contributed by atoms with E-state index in [0.717, 1.165) is 67.6 Å². The fourth-order valence-corrected chi connectivity index (χ4v) is 13.4. The molecule has 4 heteroatoms. The monoisotopic (exact) mass is 572 g/mol. The van der Waals surface area contributed by atoms with Gasteiger partial charge in [-0.1, -0.05) is 51.0 Å². The predicted molar refractivity (Wildman–Crippen MR) is 170 cm³/mol. The average molecular weight is 573 g/mol. The van der Waals surface area contributed by atoms with Crippen LogP contribution in [0.2, 0.25) is 0 Å². The van der Waals surface area contributed by atoms with Crippen LogP contribution in [0, 0.1) is 57.2 Å². The van der Waals surface area contributed by atoms with Gasteiger partial charge in [0.15, 0.2) is 0 Å². The first-order chi connectivity index (χ1) is 20.1. The zero-order chi connectivity index (χ0) is 29.1. The summed E-state index contributed by atoms with van der Waals surface area (Å²) in [6.45, 7) is 10.2. The molecule has 0 heterocycles. The van der Waals surface area contributed by atoms with Crippen LogP contribution in [0.25, 0.3) is 0 Å². The van der Waals surface area contributed by atoms with Crippen LogP contribution in [0.1, 0.15) is 130 Å². The Labute approximate surface area is 254 Å². The molecule has 0 aromatic rings. The highest BCUT2D eigenvalue weighted by molar-refractivity contribution is 5.95. The van der Waals surface area contributed by atoms with Gasteiger partial charge in [-0.05, 0) is 149 Å². The molecule has 0 aromatic heterocycles. The summed E-state index contributed by atoms with van der Waals surface area (Å²) in [4.78, 5) is 0. The zero-order valence-corrected chi connectivity index (χ0v) is 26.9. The number of rotatable bonds is 1. The second-order valence-electron chi connectivity index (χ2n) is 17.4. The minimum Gasteiger partial charge on any atom is -0.393 e. The molecule has 0 radical (unpaired) electrons. The van der Waals surface area contributed by atoms with Crippen LogP contribution in [-0.4, -0.2) is 33.8 Å². The van der Waals surface area contributed by atoms with Gasteiger partial charge in [-0.15, -0.1) is 0 Å². The third-order valence-corrected chi connectivity index (χ3v) is 15.9. The van der Waals surface area contributed by atoms with Crippen molar-refractivity contribution >= 4 is 11.4 Å². The van der Waals surface area contributed by atoms with Crippen LogP contribution in [0.15, 0.2) is 33.5 Å². The Morgan fingerprint density at radius 2 is 1.14 bits per heavy atom. The van der Waals surface area contributed by atoms with Crippen molar-refractivity contribution in [1.29, 1.82) is 0 Å². The van der Waals surface area contributed by atoms with Crippen molar-refractivity contribution in [2.75, 3.05) is 0 Å². The van der Waals surface area contributed by atoms with E-state index in [0.29, 0.717) is 10.8 Å². The summed E-state index contributed by atoms with van der Waals surface area (Å²) in [5.41, 5.74) is 7.02. The molecule has 0 aliphatic heterocycles. The lowest BCUT2D eigenvalue weighted by atomic mass is 9.47. The third kappa shape index (κ3) is 3.85. The van der Waals surface area contributed by atoms with Crippen molar-refractivity contribution in [1.82, 2.24) is 0 Å². The molecule has 12 atom stereocenters. The molecule has 0 spiro atoms. The molecule has 0 amide bonds. The molecule has 6 saturated carbocycles. The van der Waals surface area contributed by atoms with Crippen molar-refractivity contribution in [3.05, 3.63) is 23.3 Å². The van der Waals surface area contributed by atoms with Crippen molar-refractivity contribution in [3.8, 4) is 0 Å². The number of aliphatic hydroxyl groups is 2. The van der Waals surface area contributed by atoms with Crippen LogP contribution in [-0.2, 0) is 0 Å². The molecule has 0 aromatic carbocycles. The van der Waals surface area contributed by atoms with Crippen LogP contribution < -0.4 is 0 Å². The van der Waals surface area contributed by atoms with E-state index in [1.807, 2.05) is 0 Å². The summed E-state index contributed by atoms with van der Waals surface area (Å²) in [5.74, 6) is 4.61. The molecule has 230 valence electrons. The van der Waals surface area contributed by atoms with Gasteiger partial charge in [-0.3, -0.25) is 0 Å². The quantitative estimate of drug-likeness (QED) is 0.245. The Kier molecular flexibility index (Phi) is 6.47. The molecule has 0 saturated heterocycles. The predicted octanol–water partition coefficient (Wildman–Crippen LogP) is 8.43. The standard InChI is InChI=1S/C38H56N2O2/c1-35-17-13-25(41)21-23(35)5-7-27-29-9-11-33(37(29,3)19-15-31(27)35)39-40-34-12-10-30-28-8-6-24-22-26(42)14-18-36(24,2)32(28)16-20-38(30,34)4/h5,22,25-32,41-42H,6-21H2,1-4H3/t25-,26-,27+,28-,29+,30+,31+,32+,35-,36+,37-,38-/m0/s1. The lowest BCUT2D eigenvalue weighted by Gasteiger charge is -2.57. The molecule has 4 nitrogen and oxygen atoms in total. The first kappa shape index (κ1) is 28.2. The van der Waals surface area contributed by atoms with Gasteiger partial charge in [-0.25, -0.2) is 0 Å². The second-order valence-corrected chi connectivity index (χ2v) is 17.4. The van der Waals surface area contributed by atoms with Gasteiger partial charge in [0.05, 0.1) is 12.2 Å². The molecule has 8 aliphatic rings. The first-order valence-corrected chi connectivity index (χ1v) is 18.0. The number of aliphatic hydroxyl groups excluding tert-OH is 2. The van der Waals surface area contributed by atoms with Crippen molar-refractivity contribution in [2.24, 2.45) is 67.4 Å². The Balaban J connectivity index is 1.02. The largest absolute Gasteiger partial charge is 0.393 e. The van der Waals surface area contributed by atoms with E-state index in [1.165, 1.54) is 82.1 Å². The summed E-state index contributed by atoms with van der Waals surface area (Å²) in [7, 11) is 0. The van der Waals surface area contributed by atoms with E-state index < -0.39 is 0 Å². The molecule has 2 N–H and O–H groups in total. The number of hydrogen-bond donors (Lipinski definition) is 2. The van der Waals surface area contributed by atoms with Gasteiger partial charge in [0.1, 0.15) is 0 Å². The second kappa shape index (κ2) is 9.62. The summed E-state index contributed by atoms with van der Waals surface area (Å²) in [5, 5.41) is 31.2. The molecule has 8 rings (SSSR count). The maximum atomic E-state index is 10.4. The summed E-state index contributed by atoms with van der Waals surface area (Å²) < 4.78 is 0. The maximum absolute atomic E-state index is 10.4. The molecule has 42 heavy (non-hydrogen) atoms. The van der Waals surface area contributed by atoms with Crippen molar-refractivity contribution in [2.45, 2.75) is 143 Å². The Morgan fingerprint density at radius 3 is 1.83 bits per heavy atom. The highest BCUT2D eigenvalue weighted by Crippen LogP contribution is 2.66. The minimum atomic E-state index is -0.216. The topological polar surface area (TPSA) is 65.2 Å². The van der Waals surface area contributed by atoms with Crippen LogP contribution in [0.3, 0.4) is 0 Å². The van der Waals surface area contributed by atoms with Gasteiger partial charge in [0, 0.05) is 22.3 Å². The fraction of sp³-hybridized carbons (Fsp3) is 0.842. The molecule has 0 bridgehead atoms. The molecule has 0 unspecified atom stereocenters. The highest BCUT2D eigenvalue weighted by Gasteiger charge is 2.60. The molecular weight excluding hydrogens is 516 g/mol. The van der Waals surface area contributed by atoms with Gasteiger partial charge in [-0.2, -0.15) is 10.2 Å². The Bertz CT molecular complexity index is 1260. The Hall–Kier alpha value is -1.26. The highest BCUT2D eigenvalue weighted by atomic mass is 16.3. The third-order valence-electron chi connectivity index (χ3n) is 15.9. The summed E-state index contributed by atoms with van der Waals surface area (Å²) in [6.07, 6.45) is 23.3. The number of allylic oxidation sites excluding steroid dienone is 2. The van der Waals surface area contributed by atoms with E-state index in [-0.39, 0.29) is 23.0 Å². The fourth-order valence-electron chi connectivity index (χ4n) is 13.4. The van der Waals surface area contributed by atoms with Crippen LogP contribution in [0.4, 0.5) is 0 Å².